The third kappa shape index (κ3) is 31.4. The molecule has 3 atom stereocenters. The molecule has 0 amide bonds. The SMILES string of the molecule is CC[C@H](C)CCCCCCCCCCC(=O)OC[C@@H](COP(=O)([O-])OCC[NH3+])OC(=O)CCCCCCCCCCCC(C)C. The van der Waals surface area contributed by atoms with Crippen molar-refractivity contribution < 1.29 is 43.3 Å². The number of hydrogen-bond acceptors (Lipinski definition) is 8. The van der Waals surface area contributed by atoms with Crippen LogP contribution in [0.4, 0.5) is 0 Å². The van der Waals surface area contributed by atoms with Crippen LogP contribution in [0.5, 0.6) is 0 Å². The molecule has 0 aliphatic heterocycles. The van der Waals surface area contributed by atoms with E-state index < -0.39 is 26.5 Å². The Labute approximate surface area is 276 Å². The standard InChI is InChI=1S/C35H70NO8P/c1-5-32(4)24-20-16-12-9-10-13-17-21-25-34(37)41-29-33(30-43-45(39,40)42-28-27-36)44-35(38)26-22-18-14-8-6-7-11-15-19-23-31(2)3/h31-33H,5-30,36H2,1-4H3,(H,39,40)/t32-,33-/m0/s1. The number of hydrogen-bond donors (Lipinski definition) is 1. The van der Waals surface area contributed by atoms with Gasteiger partial charge in [-0.05, 0) is 24.7 Å². The summed E-state index contributed by atoms with van der Waals surface area (Å²) in [5.74, 6) is 0.770. The molecule has 10 heteroatoms. The van der Waals surface area contributed by atoms with Crippen LogP contribution in [-0.4, -0.2) is 44.4 Å². The van der Waals surface area contributed by atoms with E-state index in [-0.39, 0.29) is 38.6 Å². The molecule has 3 N–H and O–H groups in total. The zero-order valence-electron chi connectivity index (χ0n) is 29.5. The molecule has 0 saturated carbocycles. The first-order valence-electron chi connectivity index (χ1n) is 18.3. The maximum atomic E-state index is 12.5. The molecule has 0 fully saturated rings. The Kier molecular flexibility index (Phi) is 29.7. The van der Waals surface area contributed by atoms with Crippen LogP contribution >= 0.6 is 7.82 Å². The van der Waals surface area contributed by atoms with Crippen LogP contribution in [0.3, 0.4) is 0 Å². The van der Waals surface area contributed by atoms with Gasteiger partial charge in [0.1, 0.15) is 13.2 Å². The lowest BCUT2D eigenvalue weighted by Gasteiger charge is -2.25. The third-order valence-corrected chi connectivity index (χ3v) is 9.19. The van der Waals surface area contributed by atoms with Gasteiger partial charge in [0.15, 0.2) is 6.10 Å². The summed E-state index contributed by atoms with van der Waals surface area (Å²) < 4.78 is 32.3. The number of quaternary nitrogens is 1. The first kappa shape index (κ1) is 44.0. The van der Waals surface area contributed by atoms with Crippen molar-refractivity contribution in [3.63, 3.8) is 0 Å². The van der Waals surface area contributed by atoms with Crippen LogP contribution in [0.15, 0.2) is 0 Å². The lowest BCUT2D eigenvalue weighted by molar-refractivity contribution is -0.373. The van der Waals surface area contributed by atoms with E-state index in [0.29, 0.717) is 6.42 Å². The van der Waals surface area contributed by atoms with Gasteiger partial charge in [-0.2, -0.15) is 0 Å². The minimum atomic E-state index is -4.57. The molecule has 0 aromatic rings. The number of esters is 2. The molecule has 1 unspecified atom stereocenters. The average Bonchev–Trinajstić information content (AvgIpc) is 3.00. The molecular formula is C35H70NO8P. The molecular weight excluding hydrogens is 593 g/mol. The Hall–Kier alpha value is -0.990. The van der Waals surface area contributed by atoms with Gasteiger partial charge in [-0.1, -0.05) is 143 Å². The highest BCUT2D eigenvalue weighted by atomic mass is 31.2. The van der Waals surface area contributed by atoms with Crippen molar-refractivity contribution in [1.82, 2.24) is 0 Å². The van der Waals surface area contributed by atoms with E-state index in [1.165, 1.54) is 83.5 Å². The van der Waals surface area contributed by atoms with E-state index in [9.17, 15) is 19.0 Å². The number of unbranched alkanes of at least 4 members (excludes halogenated alkanes) is 15. The van der Waals surface area contributed by atoms with E-state index >= 15 is 0 Å². The van der Waals surface area contributed by atoms with Gasteiger partial charge in [-0.15, -0.1) is 0 Å². The van der Waals surface area contributed by atoms with Gasteiger partial charge in [0.25, 0.3) is 7.82 Å². The first-order valence-corrected chi connectivity index (χ1v) is 19.8. The Balaban J connectivity index is 4.25. The highest BCUT2D eigenvalue weighted by Crippen LogP contribution is 2.38. The normalized spacial score (nSPS) is 14.3. The van der Waals surface area contributed by atoms with Crippen molar-refractivity contribution in [2.45, 2.75) is 175 Å². The average molecular weight is 664 g/mol. The number of rotatable bonds is 33. The van der Waals surface area contributed by atoms with Crippen molar-refractivity contribution in [3.8, 4) is 0 Å². The predicted octanol–water partition coefficient (Wildman–Crippen LogP) is 8.08. The maximum absolute atomic E-state index is 12.5. The molecule has 0 aliphatic rings. The summed E-state index contributed by atoms with van der Waals surface area (Å²) in [5, 5.41) is 0. The number of ether oxygens (including phenoxy) is 2. The monoisotopic (exact) mass is 663 g/mol. The van der Waals surface area contributed by atoms with Crippen LogP contribution < -0.4 is 10.6 Å². The molecule has 0 aromatic heterocycles. The van der Waals surface area contributed by atoms with Gasteiger partial charge in [0, 0.05) is 12.8 Å². The number of phosphoric ester groups is 1. The van der Waals surface area contributed by atoms with Crippen LogP contribution in [0, 0.1) is 11.8 Å². The largest absolute Gasteiger partial charge is 0.756 e. The van der Waals surface area contributed by atoms with Crippen LogP contribution in [0.1, 0.15) is 169 Å². The second kappa shape index (κ2) is 30.4. The lowest BCUT2D eigenvalue weighted by Crippen LogP contribution is -2.52. The van der Waals surface area contributed by atoms with Crippen LogP contribution in [0.2, 0.25) is 0 Å². The molecule has 0 bridgehead atoms. The van der Waals surface area contributed by atoms with Gasteiger partial charge in [-0.3, -0.25) is 14.2 Å². The number of carbonyl (C=O) groups excluding carboxylic acids is 2. The highest BCUT2D eigenvalue weighted by molar-refractivity contribution is 7.45. The van der Waals surface area contributed by atoms with Crippen molar-refractivity contribution in [3.05, 3.63) is 0 Å². The summed E-state index contributed by atoms with van der Waals surface area (Å²) in [4.78, 5) is 36.7. The molecule has 268 valence electrons. The topological polar surface area (TPSA) is 139 Å². The fourth-order valence-corrected chi connectivity index (χ4v) is 5.87. The van der Waals surface area contributed by atoms with Crippen molar-refractivity contribution >= 4 is 19.8 Å². The van der Waals surface area contributed by atoms with Gasteiger partial charge >= 0.3 is 11.9 Å². The molecule has 0 heterocycles. The second-order valence-corrected chi connectivity index (χ2v) is 14.6. The fraction of sp³-hybridized carbons (Fsp3) is 0.943. The van der Waals surface area contributed by atoms with Crippen molar-refractivity contribution in [1.29, 1.82) is 0 Å². The van der Waals surface area contributed by atoms with E-state index in [1.54, 1.807) is 0 Å². The summed E-state index contributed by atoms with van der Waals surface area (Å²) in [6, 6.07) is 0. The van der Waals surface area contributed by atoms with E-state index in [4.69, 9.17) is 18.5 Å². The van der Waals surface area contributed by atoms with Gasteiger partial charge < -0.3 is 29.1 Å². The molecule has 45 heavy (non-hydrogen) atoms. The number of carbonyl (C=O) groups is 2. The Morgan fingerprint density at radius 1 is 0.667 bits per heavy atom. The Morgan fingerprint density at radius 3 is 1.62 bits per heavy atom. The van der Waals surface area contributed by atoms with Gasteiger partial charge in [0.05, 0.1) is 13.2 Å². The van der Waals surface area contributed by atoms with E-state index in [2.05, 4.69) is 33.4 Å². The molecule has 0 aromatic carbocycles. The second-order valence-electron chi connectivity index (χ2n) is 13.2. The molecule has 0 spiro atoms. The Morgan fingerprint density at radius 2 is 1.13 bits per heavy atom. The number of phosphoric acid groups is 1. The fourth-order valence-electron chi connectivity index (χ4n) is 5.09. The maximum Gasteiger partial charge on any atom is 0.306 e. The Bertz CT molecular complexity index is 751. The summed E-state index contributed by atoms with van der Waals surface area (Å²) in [7, 11) is -4.57. The molecule has 0 saturated heterocycles. The molecule has 0 aliphatic carbocycles. The smallest absolute Gasteiger partial charge is 0.306 e. The summed E-state index contributed by atoms with van der Waals surface area (Å²) in [5.41, 5.74) is 3.54. The van der Waals surface area contributed by atoms with E-state index in [0.717, 1.165) is 50.4 Å². The zero-order valence-corrected chi connectivity index (χ0v) is 30.4. The molecule has 9 nitrogen and oxygen atoms in total. The van der Waals surface area contributed by atoms with Crippen LogP contribution in [0.25, 0.3) is 0 Å². The first-order chi connectivity index (χ1) is 21.6. The summed E-state index contributed by atoms with van der Waals surface area (Å²) >= 11 is 0. The quantitative estimate of drug-likeness (QED) is 0.0422. The minimum Gasteiger partial charge on any atom is -0.756 e. The van der Waals surface area contributed by atoms with Crippen LogP contribution in [-0.2, 0) is 32.7 Å². The van der Waals surface area contributed by atoms with Crippen molar-refractivity contribution in [2.24, 2.45) is 11.8 Å². The lowest BCUT2D eigenvalue weighted by atomic mass is 9.99. The van der Waals surface area contributed by atoms with Gasteiger partial charge in [0.2, 0.25) is 0 Å². The minimum absolute atomic E-state index is 0.101. The summed E-state index contributed by atoms with van der Waals surface area (Å²) in [6.45, 7) is 8.55. The highest BCUT2D eigenvalue weighted by Gasteiger charge is 2.21. The van der Waals surface area contributed by atoms with Gasteiger partial charge in [-0.25, -0.2) is 0 Å². The molecule has 0 radical (unpaired) electrons. The third-order valence-electron chi connectivity index (χ3n) is 8.23. The van der Waals surface area contributed by atoms with E-state index in [1.807, 2.05) is 0 Å². The zero-order chi connectivity index (χ0) is 33.6. The predicted molar refractivity (Wildman–Crippen MR) is 179 cm³/mol. The summed E-state index contributed by atoms with van der Waals surface area (Å²) in [6.07, 6.45) is 22.8. The molecule has 0 rings (SSSR count). The van der Waals surface area contributed by atoms with Crippen molar-refractivity contribution in [2.75, 3.05) is 26.4 Å².